The van der Waals surface area contributed by atoms with Crippen molar-refractivity contribution in [2.45, 2.75) is 16.9 Å². The lowest BCUT2D eigenvalue weighted by Gasteiger charge is -2.33. The van der Waals surface area contributed by atoms with Crippen LogP contribution in [0.5, 0.6) is 0 Å². The number of morpholine rings is 1. The van der Waals surface area contributed by atoms with Crippen LogP contribution in [0.3, 0.4) is 0 Å². The first-order valence-electron chi connectivity index (χ1n) is 7.61. The number of halogens is 3. The summed E-state index contributed by atoms with van der Waals surface area (Å²) in [6.45, 7) is 0.924. The Bertz CT molecular complexity index is 743. The van der Waals surface area contributed by atoms with Gasteiger partial charge in [-0.05, 0) is 41.6 Å². The Morgan fingerprint density at radius 3 is 2.76 bits per heavy atom. The van der Waals surface area contributed by atoms with Crippen molar-refractivity contribution >= 4 is 17.7 Å². The number of thioether (sulfide) groups is 1. The maximum Gasteiger partial charge on any atom is 0.290 e. The van der Waals surface area contributed by atoms with Gasteiger partial charge in [-0.15, -0.1) is 0 Å². The van der Waals surface area contributed by atoms with Crippen LogP contribution < -0.4 is 0 Å². The number of hydrogen-bond donors (Lipinski definition) is 0. The van der Waals surface area contributed by atoms with Crippen molar-refractivity contribution in [1.82, 2.24) is 9.88 Å². The maximum absolute atomic E-state index is 13.1. The molecule has 1 aromatic heterocycles. The minimum absolute atomic E-state index is 0.00678. The number of carbonyl (C=O) groups excluding carboxylic acids is 1. The van der Waals surface area contributed by atoms with Crippen LogP contribution in [0.1, 0.15) is 22.0 Å². The Morgan fingerprint density at radius 2 is 2.04 bits per heavy atom. The molecule has 25 heavy (non-hydrogen) atoms. The molecule has 0 N–H and O–H groups in total. The number of aromatic nitrogens is 1. The third-order valence-electron chi connectivity index (χ3n) is 3.80. The van der Waals surface area contributed by atoms with Crippen LogP contribution in [0.2, 0.25) is 0 Å². The van der Waals surface area contributed by atoms with Crippen molar-refractivity contribution in [3.05, 3.63) is 59.5 Å². The Balaban J connectivity index is 1.77. The van der Waals surface area contributed by atoms with E-state index >= 15 is 0 Å². The Morgan fingerprint density at radius 1 is 1.28 bits per heavy atom. The molecule has 0 radical (unpaired) electrons. The normalized spacial score (nSPS) is 17.8. The van der Waals surface area contributed by atoms with Gasteiger partial charge in [0.1, 0.15) is 16.9 Å². The topological polar surface area (TPSA) is 42.4 Å². The monoisotopic (exact) mass is 368 g/mol. The van der Waals surface area contributed by atoms with Crippen LogP contribution in [0, 0.1) is 5.82 Å². The van der Waals surface area contributed by atoms with Crippen LogP contribution in [-0.4, -0.2) is 41.2 Å². The second-order valence-electron chi connectivity index (χ2n) is 5.40. The molecule has 1 aliphatic rings. The van der Waals surface area contributed by atoms with Crippen LogP contribution >= 0.6 is 11.8 Å². The SMILES string of the molecule is O=C(c1cccnc1SC(F)F)N1CCOC(c2ccc(F)cc2)C1. The molecule has 1 unspecified atom stereocenters. The maximum atomic E-state index is 13.1. The molecule has 8 heteroatoms. The predicted molar refractivity (Wildman–Crippen MR) is 87.1 cm³/mol. The van der Waals surface area contributed by atoms with Crippen LogP contribution in [0.15, 0.2) is 47.6 Å². The summed E-state index contributed by atoms with van der Waals surface area (Å²) in [6, 6.07) is 8.91. The van der Waals surface area contributed by atoms with E-state index in [1.165, 1.54) is 24.4 Å². The number of nitrogens with zero attached hydrogens (tertiary/aromatic N) is 2. The average molecular weight is 368 g/mol. The number of alkyl halides is 2. The molecule has 2 aromatic rings. The van der Waals surface area contributed by atoms with Crippen molar-refractivity contribution in [3.8, 4) is 0 Å². The summed E-state index contributed by atoms with van der Waals surface area (Å²) in [5, 5.41) is 0.00678. The van der Waals surface area contributed by atoms with Crippen LogP contribution in [0.25, 0.3) is 0 Å². The summed E-state index contributed by atoms with van der Waals surface area (Å²) in [5.74, 6) is -3.37. The van der Waals surface area contributed by atoms with Gasteiger partial charge in [-0.25, -0.2) is 9.37 Å². The summed E-state index contributed by atoms with van der Waals surface area (Å²) in [6.07, 6.45) is 0.989. The summed E-state index contributed by atoms with van der Waals surface area (Å²) < 4.78 is 44.0. The highest BCUT2D eigenvalue weighted by molar-refractivity contribution is 7.99. The highest BCUT2D eigenvalue weighted by atomic mass is 32.2. The molecule has 3 rings (SSSR count). The third-order valence-corrected chi connectivity index (χ3v) is 4.52. The molecule has 1 atom stereocenters. The first kappa shape index (κ1) is 17.8. The van der Waals surface area contributed by atoms with Gasteiger partial charge >= 0.3 is 0 Å². The summed E-state index contributed by atoms with van der Waals surface area (Å²) >= 11 is 0.251. The number of benzene rings is 1. The molecule has 0 saturated carbocycles. The molecule has 0 bridgehead atoms. The number of ether oxygens (including phenoxy) is 1. The summed E-state index contributed by atoms with van der Waals surface area (Å²) in [4.78, 5) is 18.2. The van der Waals surface area contributed by atoms with Gasteiger partial charge in [-0.1, -0.05) is 12.1 Å². The van der Waals surface area contributed by atoms with E-state index in [-0.39, 0.29) is 46.7 Å². The molecule has 1 aromatic carbocycles. The first-order valence-corrected chi connectivity index (χ1v) is 8.48. The smallest absolute Gasteiger partial charge is 0.290 e. The number of carbonyl (C=O) groups is 1. The van der Waals surface area contributed by atoms with Gasteiger partial charge in [-0.3, -0.25) is 4.79 Å². The lowest BCUT2D eigenvalue weighted by molar-refractivity contribution is -0.0229. The van der Waals surface area contributed by atoms with E-state index in [1.54, 1.807) is 23.1 Å². The Kier molecular flexibility index (Phi) is 5.60. The minimum Gasteiger partial charge on any atom is -0.370 e. The molecule has 1 fully saturated rings. The molecule has 132 valence electrons. The van der Waals surface area contributed by atoms with E-state index in [2.05, 4.69) is 4.98 Å². The molecule has 0 spiro atoms. The average Bonchev–Trinajstić information content (AvgIpc) is 2.62. The summed E-state index contributed by atoms with van der Waals surface area (Å²) in [7, 11) is 0. The highest BCUT2D eigenvalue weighted by Gasteiger charge is 2.28. The third kappa shape index (κ3) is 4.32. The first-order chi connectivity index (χ1) is 12.0. The van der Waals surface area contributed by atoms with E-state index in [1.807, 2.05) is 0 Å². The largest absolute Gasteiger partial charge is 0.370 e. The van der Waals surface area contributed by atoms with Crippen LogP contribution in [0.4, 0.5) is 13.2 Å². The predicted octanol–water partition coefficient (Wildman–Crippen LogP) is 3.75. The van der Waals surface area contributed by atoms with Gasteiger partial charge in [-0.2, -0.15) is 8.78 Å². The fourth-order valence-corrected chi connectivity index (χ4v) is 3.19. The zero-order valence-corrected chi connectivity index (χ0v) is 13.9. The van der Waals surface area contributed by atoms with Crippen molar-refractivity contribution in [2.24, 2.45) is 0 Å². The van der Waals surface area contributed by atoms with E-state index in [9.17, 15) is 18.0 Å². The van der Waals surface area contributed by atoms with Crippen LogP contribution in [-0.2, 0) is 4.74 Å². The highest BCUT2D eigenvalue weighted by Crippen LogP contribution is 2.29. The molecular formula is C17H15F3N2O2S. The Hall–Kier alpha value is -2.06. The van der Waals surface area contributed by atoms with E-state index in [0.29, 0.717) is 13.2 Å². The fraction of sp³-hybridized carbons (Fsp3) is 0.294. The Labute approximate surface area is 147 Å². The molecule has 1 amide bonds. The summed E-state index contributed by atoms with van der Waals surface area (Å²) in [5.41, 5.74) is 0.903. The van der Waals surface area contributed by atoms with E-state index in [4.69, 9.17) is 4.74 Å². The number of rotatable bonds is 4. The zero-order chi connectivity index (χ0) is 17.8. The molecule has 2 heterocycles. The van der Waals surface area contributed by atoms with Gasteiger partial charge in [0, 0.05) is 12.7 Å². The minimum atomic E-state index is -2.65. The fourth-order valence-electron chi connectivity index (χ4n) is 2.62. The van der Waals surface area contributed by atoms with Gasteiger partial charge in [0.2, 0.25) is 0 Å². The van der Waals surface area contributed by atoms with Crippen molar-refractivity contribution in [1.29, 1.82) is 0 Å². The van der Waals surface area contributed by atoms with Crippen molar-refractivity contribution < 1.29 is 22.7 Å². The standard InChI is InChI=1S/C17H15F3N2O2S/c18-12-5-3-11(4-6-12)14-10-22(8-9-24-14)16(23)13-2-1-7-21-15(13)25-17(19)20/h1-7,14,17H,8-10H2. The molecule has 1 aliphatic heterocycles. The van der Waals surface area contributed by atoms with Gasteiger partial charge in [0.15, 0.2) is 0 Å². The van der Waals surface area contributed by atoms with Crippen molar-refractivity contribution in [2.75, 3.05) is 19.7 Å². The zero-order valence-electron chi connectivity index (χ0n) is 13.1. The van der Waals surface area contributed by atoms with Gasteiger partial charge in [0.25, 0.3) is 11.7 Å². The van der Waals surface area contributed by atoms with Gasteiger partial charge in [0.05, 0.1) is 18.7 Å². The lowest BCUT2D eigenvalue weighted by Crippen LogP contribution is -2.42. The number of pyridine rings is 1. The molecule has 0 aliphatic carbocycles. The van der Waals surface area contributed by atoms with Crippen molar-refractivity contribution in [3.63, 3.8) is 0 Å². The lowest BCUT2D eigenvalue weighted by atomic mass is 10.1. The molecule has 1 saturated heterocycles. The van der Waals surface area contributed by atoms with Gasteiger partial charge < -0.3 is 9.64 Å². The second kappa shape index (κ2) is 7.88. The van der Waals surface area contributed by atoms with E-state index < -0.39 is 5.76 Å². The second-order valence-corrected chi connectivity index (χ2v) is 6.38. The molecular weight excluding hydrogens is 353 g/mol. The quantitative estimate of drug-likeness (QED) is 0.771. The number of amides is 1. The molecule has 4 nitrogen and oxygen atoms in total. The number of hydrogen-bond acceptors (Lipinski definition) is 4. The van der Waals surface area contributed by atoms with E-state index in [0.717, 1.165) is 5.56 Å².